The summed E-state index contributed by atoms with van der Waals surface area (Å²) in [6.07, 6.45) is 3.01. The number of benzene rings is 2. The molecule has 0 aliphatic carbocycles. The third kappa shape index (κ3) is 4.71. The van der Waals surface area contributed by atoms with Crippen molar-refractivity contribution in [2.24, 2.45) is 11.8 Å². The van der Waals surface area contributed by atoms with Crippen molar-refractivity contribution in [3.63, 3.8) is 0 Å². The van der Waals surface area contributed by atoms with Crippen LogP contribution >= 0.6 is 0 Å². The molecule has 0 unspecified atom stereocenters. The zero-order valence-electron chi connectivity index (χ0n) is 20.1. The monoisotopic (exact) mass is 459 g/mol. The molecule has 7 heteroatoms. The minimum absolute atomic E-state index is 0.0479. The first-order chi connectivity index (χ1) is 16.5. The number of likely N-dealkylation sites (tertiary alicyclic amines) is 1. The predicted molar refractivity (Wildman–Crippen MR) is 133 cm³/mol. The van der Waals surface area contributed by atoms with Crippen molar-refractivity contribution in [2.45, 2.75) is 20.3 Å². The van der Waals surface area contributed by atoms with Gasteiger partial charge in [0.15, 0.2) is 0 Å². The lowest BCUT2D eigenvalue weighted by Gasteiger charge is -2.38. The number of amides is 2. The minimum Gasteiger partial charge on any atom is -0.341 e. The predicted octanol–water partition coefficient (Wildman–Crippen LogP) is 3.29. The molecular formula is C27H33N5O2. The molecule has 2 saturated heterocycles. The van der Waals surface area contributed by atoms with Gasteiger partial charge in [0, 0.05) is 50.5 Å². The number of carbonyl (C=O) groups excluding carboxylic acids is 2. The molecule has 0 radical (unpaired) electrons. The maximum Gasteiger partial charge on any atom is 0.253 e. The number of rotatable bonds is 4. The van der Waals surface area contributed by atoms with Crippen LogP contribution in [0.3, 0.4) is 0 Å². The summed E-state index contributed by atoms with van der Waals surface area (Å²) in [5.41, 5.74) is 3.66. The Bertz CT molecular complexity index is 1150. The first-order valence-corrected chi connectivity index (χ1v) is 12.3. The molecule has 0 bridgehead atoms. The van der Waals surface area contributed by atoms with Gasteiger partial charge < -0.3 is 9.80 Å². The number of carbonyl (C=O) groups is 2. The standard InChI is InChI=1S/C27H33N5O2/c1-20-15-21(2)17-31(16-20)26(33)18-29-11-13-30(14-12-29)27(34)22-7-9-23(10-8-22)32-19-28-24-5-3-4-6-25(24)32/h3-10,19-21H,11-18H2,1-2H3/t20-,21-/m1/s1. The SMILES string of the molecule is C[C@@H]1C[C@@H](C)CN(C(=O)CN2CCN(C(=O)c3ccc(-n4cnc5ccccc54)cc3)CC2)C1. The van der Waals surface area contributed by atoms with Gasteiger partial charge in [-0.3, -0.25) is 19.1 Å². The summed E-state index contributed by atoms with van der Waals surface area (Å²) in [5, 5.41) is 0. The fourth-order valence-electron chi connectivity index (χ4n) is 5.38. The minimum atomic E-state index is 0.0479. The van der Waals surface area contributed by atoms with Crippen molar-refractivity contribution in [2.75, 3.05) is 45.8 Å². The smallest absolute Gasteiger partial charge is 0.253 e. The van der Waals surface area contributed by atoms with E-state index in [-0.39, 0.29) is 11.8 Å². The van der Waals surface area contributed by atoms with E-state index in [0.29, 0.717) is 37.0 Å². The van der Waals surface area contributed by atoms with Gasteiger partial charge in [-0.25, -0.2) is 4.98 Å². The van der Waals surface area contributed by atoms with Crippen molar-refractivity contribution in [1.82, 2.24) is 24.3 Å². The van der Waals surface area contributed by atoms with Crippen LogP contribution in [0.2, 0.25) is 0 Å². The van der Waals surface area contributed by atoms with Gasteiger partial charge in [-0.15, -0.1) is 0 Å². The van der Waals surface area contributed by atoms with Crippen LogP contribution < -0.4 is 0 Å². The average Bonchev–Trinajstić information content (AvgIpc) is 3.28. The van der Waals surface area contributed by atoms with Gasteiger partial charge in [0.25, 0.3) is 5.91 Å². The zero-order valence-corrected chi connectivity index (χ0v) is 20.1. The Morgan fingerprint density at radius 2 is 1.56 bits per heavy atom. The third-order valence-corrected chi connectivity index (χ3v) is 7.09. The molecule has 2 aliphatic rings. The molecular weight excluding hydrogens is 426 g/mol. The molecule has 178 valence electrons. The molecule has 0 spiro atoms. The number of fused-ring (bicyclic) bond motifs is 1. The number of hydrogen-bond donors (Lipinski definition) is 0. The van der Waals surface area contributed by atoms with Gasteiger partial charge in [-0.05, 0) is 54.7 Å². The topological polar surface area (TPSA) is 61.7 Å². The lowest BCUT2D eigenvalue weighted by atomic mass is 9.92. The van der Waals surface area contributed by atoms with E-state index in [9.17, 15) is 9.59 Å². The average molecular weight is 460 g/mol. The van der Waals surface area contributed by atoms with Gasteiger partial charge >= 0.3 is 0 Å². The molecule has 5 rings (SSSR count). The van der Waals surface area contributed by atoms with Crippen LogP contribution in [0.15, 0.2) is 54.9 Å². The first-order valence-electron chi connectivity index (χ1n) is 12.3. The van der Waals surface area contributed by atoms with Gasteiger partial charge in [0.2, 0.25) is 5.91 Å². The Labute approximate surface area is 201 Å². The summed E-state index contributed by atoms with van der Waals surface area (Å²) in [7, 11) is 0. The molecule has 0 saturated carbocycles. The third-order valence-electron chi connectivity index (χ3n) is 7.09. The molecule has 3 heterocycles. The number of piperidine rings is 1. The maximum atomic E-state index is 13.1. The summed E-state index contributed by atoms with van der Waals surface area (Å²) in [6, 6.07) is 15.7. The number of nitrogens with zero attached hydrogens (tertiary/aromatic N) is 5. The highest BCUT2D eigenvalue weighted by Gasteiger charge is 2.28. The van der Waals surface area contributed by atoms with Gasteiger partial charge in [0.1, 0.15) is 6.33 Å². The maximum absolute atomic E-state index is 13.1. The van der Waals surface area contributed by atoms with Gasteiger partial charge in [0.05, 0.1) is 17.6 Å². The fourth-order valence-corrected chi connectivity index (χ4v) is 5.38. The summed E-state index contributed by atoms with van der Waals surface area (Å²) >= 11 is 0. The molecule has 1 aromatic heterocycles. The number of aromatic nitrogens is 2. The van der Waals surface area contributed by atoms with Crippen molar-refractivity contribution in [3.8, 4) is 5.69 Å². The second-order valence-corrected chi connectivity index (χ2v) is 9.96. The van der Waals surface area contributed by atoms with E-state index in [1.165, 1.54) is 6.42 Å². The van der Waals surface area contributed by atoms with Gasteiger partial charge in [-0.1, -0.05) is 26.0 Å². The Balaban J connectivity index is 1.16. The highest BCUT2D eigenvalue weighted by Crippen LogP contribution is 2.22. The molecule has 34 heavy (non-hydrogen) atoms. The molecule has 2 aromatic carbocycles. The number of piperazine rings is 1. The van der Waals surface area contributed by atoms with Crippen LogP contribution in [-0.4, -0.2) is 81.9 Å². The largest absolute Gasteiger partial charge is 0.341 e. The number of para-hydroxylation sites is 2. The lowest BCUT2D eigenvalue weighted by Crippen LogP contribution is -2.53. The second kappa shape index (κ2) is 9.58. The van der Waals surface area contributed by atoms with E-state index in [1.807, 2.05) is 69.2 Å². The second-order valence-electron chi connectivity index (χ2n) is 9.96. The first kappa shape index (κ1) is 22.6. The summed E-state index contributed by atoms with van der Waals surface area (Å²) in [6.45, 7) is 9.40. The van der Waals surface area contributed by atoms with Crippen LogP contribution in [0.25, 0.3) is 16.7 Å². The summed E-state index contributed by atoms with van der Waals surface area (Å²) in [5.74, 6) is 1.41. The van der Waals surface area contributed by atoms with E-state index < -0.39 is 0 Å². The normalized spacial score (nSPS) is 21.7. The van der Waals surface area contributed by atoms with E-state index in [1.54, 1.807) is 0 Å². The number of hydrogen-bond acceptors (Lipinski definition) is 4. The lowest BCUT2D eigenvalue weighted by molar-refractivity contribution is -0.135. The van der Waals surface area contributed by atoms with Crippen molar-refractivity contribution in [3.05, 3.63) is 60.4 Å². The van der Waals surface area contributed by atoms with Crippen LogP contribution in [0.1, 0.15) is 30.6 Å². The molecule has 0 N–H and O–H groups in total. The van der Waals surface area contributed by atoms with Crippen molar-refractivity contribution < 1.29 is 9.59 Å². The highest BCUT2D eigenvalue weighted by molar-refractivity contribution is 5.94. The van der Waals surface area contributed by atoms with Crippen LogP contribution in [0, 0.1) is 11.8 Å². The van der Waals surface area contributed by atoms with Crippen LogP contribution in [-0.2, 0) is 4.79 Å². The molecule has 2 fully saturated rings. The Kier molecular flexibility index (Phi) is 6.37. The summed E-state index contributed by atoms with van der Waals surface area (Å²) < 4.78 is 2.03. The van der Waals surface area contributed by atoms with E-state index in [2.05, 4.69) is 23.7 Å². The van der Waals surface area contributed by atoms with Crippen molar-refractivity contribution in [1.29, 1.82) is 0 Å². The molecule has 3 aromatic rings. The van der Waals surface area contributed by atoms with E-state index >= 15 is 0 Å². The quantitative estimate of drug-likeness (QED) is 0.601. The molecule has 2 amide bonds. The molecule has 7 nitrogen and oxygen atoms in total. The Hall–Kier alpha value is -3.19. The van der Waals surface area contributed by atoms with Gasteiger partial charge in [-0.2, -0.15) is 0 Å². The molecule has 2 atom stereocenters. The van der Waals surface area contributed by atoms with Crippen LogP contribution in [0.4, 0.5) is 0 Å². The van der Waals surface area contributed by atoms with E-state index in [4.69, 9.17) is 0 Å². The molecule has 2 aliphatic heterocycles. The Morgan fingerprint density at radius 3 is 2.26 bits per heavy atom. The number of imidazole rings is 1. The van der Waals surface area contributed by atoms with E-state index in [0.717, 1.165) is 42.9 Å². The summed E-state index contributed by atoms with van der Waals surface area (Å²) in [4.78, 5) is 36.4. The highest BCUT2D eigenvalue weighted by atomic mass is 16.2. The van der Waals surface area contributed by atoms with Crippen LogP contribution in [0.5, 0.6) is 0 Å². The van der Waals surface area contributed by atoms with Crippen molar-refractivity contribution >= 4 is 22.8 Å². The Morgan fingerprint density at radius 1 is 0.882 bits per heavy atom. The fraction of sp³-hybridized carbons (Fsp3) is 0.444. The zero-order chi connectivity index (χ0) is 23.7.